The lowest BCUT2D eigenvalue weighted by atomic mass is 10.1. The monoisotopic (exact) mass is 434 g/mol. The Morgan fingerprint density at radius 2 is 0.950 bits per heavy atom. The fraction of sp³-hybridized carbons (Fsp3) is 1.00. The molecule has 0 aliphatic rings. The van der Waals surface area contributed by atoms with Crippen LogP contribution in [0.4, 0.5) is 0 Å². The maximum absolute atomic E-state index is 6.05. The molecule has 0 saturated carbocycles. The zero-order valence-corrected chi connectivity index (χ0v) is 18.5. The highest BCUT2D eigenvalue weighted by atomic mass is 35.8. The molecule has 0 aromatic rings. The molecule has 0 radical (unpaired) electrons. The molecule has 0 N–H and O–H groups in total. The van der Waals surface area contributed by atoms with Crippen LogP contribution < -0.4 is 0 Å². The minimum Gasteiger partial charge on any atom is -0.126 e. The SMILES string of the molecule is CCCCCCCCCCCC([Si](Cl)(Cl)Cl)[Si](Cl)(Cl)Cl. The van der Waals surface area contributed by atoms with Gasteiger partial charge in [0.25, 0.3) is 0 Å². The summed E-state index contributed by atoms with van der Waals surface area (Å²) in [5.41, 5.74) is 0. The summed E-state index contributed by atoms with van der Waals surface area (Å²) in [6.45, 7) is 2.23. The standard InChI is InChI=1S/C12H24Cl6Si2/c1-2-3-4-5-6-7-8-9-10-11-12(19(13,14)15)20(16,17)18/h12H,2-11H2,1H3. The number of halogens is 6. The number of unbranched alkanes of at least 4 members (excludes halogenated alkanes) is 8. The maximum atomic E-state index is 6.05. The zero-order valence-electron chi connectivity index (χ0n) is 11.9. The molecule has 0 aliphatic heterocycles. The van der Waals surface area contributed by atoms with Crippen LogP contribution in [0.1, 0.15) is 71.1 Å². The molecule has 0 atom stereocenters. The Morgan fingerprint density at radius 3 is 1.30 bits per heavy atom. The molecular formula is C12H24Cl6Si2. The van der Waals surface area contributed by atoms with Gasteiger partial charge in [0.1, 0.15) is 0 Å². The third-order valence-electron chi connectivity index (χ3n) is 3.39. The summed E-state index contributed by atoms with van der Waals surface area (Å²) in [5, 5.41) is -0.297. The minimum atomic E-state index is -2.93. The van der Waals surface area contributed by atoms with Crippen LogP contribution in [0.25, 0.3) is 0 Å². The van der Waals surface area contributed by atoms with Crippen molar-refractivity contribution < 1.29 is 0 Å². The van der Waals surface area contributed by atoms with Crippen LogP contribution in [0.3, 0.4) is 0 Å². The van der Waals surface area contributed by atoms with E-state index in [1.165, 1.54) is 44.9 Å². The van der Waals surface area contributed by atoms with E-state index in [1.54, 1.807) is 0 Å². The Bertz CT molecular complexity index is 225. The molecule has 8 heteroatoms. The predicted molar refractivity (Wildman–Crippen MR) is 102 cm³/mol. The van der Waals surface area contributed by atoms with Gasteiger partial charge in [-0.05, 0) is 6.42 Å². The van der Waals surface area contributed by atoms with Crippen molar-refractivity contribution >= 4 is 78.5 Å². The molecular weight excluding hydrogens is 413 g/mol. The van der Waals surface area contributed by atoms with Crippen LogP contribution >= 0.6 is 66.5 Å². The van der Waals surface area contributed by atoms with Crippen molar-refractivity contribution in [1.29, 1.82) is 0 Å². The molecule has 0 aromatic heterocycles. The molecule has 0 spiro atoms. The molecule has 0 heterocycles. The van der Waals surface area contributed by atoms with Crippen molar-refractivity contribution in [3.05, 3.63) is 0 Å². The van der Waals surface area contributed by atoms with Crippen molar-refractivity contribution in [1.82, 2.24) is 0 Å². The van der Waals surface area contributed by atoms with Gasteiger partial charge in [0.15, 0.2) is 0 Å². The lowest BCUT2D eigenvalue weighted by Gasteiger charge is -2.26. The molecule has 0 aliphatic carbocycles. The van der Waals surface area contributed by atoms with E-state index in [1.807, 2.05) is 0 Å². The van der Waals surface area contributed by atoms with Gasteiger partial charge in [-0.2, -0.15) is 0 Å². The van der Waals surface area contributed by atoms with Crippen LogP contribution in [0.15, 0.2) is 0 Å². The van der Waals surface area contributed by atoms with Crippen LogP contribution in [-0.2, 0) is 0 Å². The highest BCUT2D eigenvalue weighted by Crippen LogP contribution is 2.48. The Hall–Kier alpha value is 2.17. The van der Waals surface area contributed by atoms with Gasteiger partial charge in [0.2, 0.25) is 0 Å². The second-order valence-electron chi connectivity index (χ2n) is 5.25. The van der Waals surface area contributed by atoms with Crippen molar-refractivity contribution in [3.8, 4) is 0 Å². The molecule has 0 nitrogen and oxygen atoms in total. The third-order valence-corrected chi connectivity index (χ3v) is 16.2. The average molecular weight is 437 g/mol. The molecule has 122 valence electrons. The van der Waals surface area contributed by atoms with Gasteiger partial charge >= 0.3 is 12.0 Å². The number of rotatable bonds is 12. The second-order valence-corrected chi connectivity index (χ2v) is 23.6. The highest BCUT2D eigenvalue weighted by molar-refractivity contribution is 7.75. The van der Waals surface area contributed by atoms with E-state index in [0.717, 1.165) is 19.3 Å². The van der Waals surface area contributed by atoms with E-state index in [-0.39, 0.29) is 5.16 Å². The highest BCUT2D eigenvalue weighted by Gasteiger charge is 2.50. The largest absolute Gasteiger partial charge is 0.345 e. The van der Waals surface area contributed by atoms with Gasteiger partial charge in [-0.25, -0.2) is 0 Å². The van der Waals surface area contributed by atoms with E-state index < -0.39 is 12.0 Å². The Labute approximate surface area is 154 Å². The summed E-state index contributed by atoms with van der Waals surface area (Å²) in [6, 6.07) is -5.86. The summed E-state index contributed by atoms with van der Waals surface area (Å²) in [7, 11) is 0. The first-order valence-corrected chi connectivity index (χ1v) is 17.6. The van der Waals surface area contributed by atoms with E-state index in [9.17, 15) is 0 Å². The van der Waals surface area contributed by atoms with E-state index in [2.05, 4.69) is 6.92 Å². The first kappa shape index (κ1) is 22.2. The summed E-state index contributed by atoms with van der Waals surface area (Å²) in [4.78, 5) is 0. The lowest BCUT2D eigenvalue weighted by molar-refractivity contribution is 0.559. The van der Waals surface area contributed by atoms with Gasteiger partial charge in [0.05, 0.1) is 0 Å². The van der Waals surface area contributed by atoms with Gasteiger partial charge < -0.3 is 0 Å². The van der Waals surface area contributed by atoms with Crippen molar-refractivity contribution in [3.63, 3.8) is 0 Å². The normalized spacial score (nSPS) is 13.2. The quantitative estimate of drug-likeness (QED) is 0.164. The first-order valence-electron chi connectivity index (χ1n) is 7.33. The third kappa shape index (κ3) is 11.7. The van der Waals surface area contributed by atoms with Gasteiger partial charge in [-0.15, -0.1) is 66.5 Å². The summed E-state index contributed by atoms with van der Waals surface area (Å²) < 4.78 is 0. The summed E-state index contributed by atoms with van der Waals surface area (Å²) in [6.07, 6.45) is 12.0. The molecule has 0 rings (SSSR count). The lowest BCUT2D eigenvalue weighted by Crippen LogP contribution is -2.34. The summed E-state index contributed by atoms with van der Waals surface area (Å²) in [5.74, 6) is 0. The van der Waals surface area contributed by atoms with Crippen LogP contribution in [0, 0.1) is 0 Å². The van der Waals surface area contributed by atoms with Gasteiger partial charge in [-0.3, -0.25) is 0 Å². The maximum Gasteiger partial charge on any atom is 0.345 e. The van der Waals surface area contributed by atoms with Crippen LogP contribution in [0.5, 0.6) is 0 Å². The Morgan fingerprint density at radius 1 is 0.600 bits per heavy atom. The summed E-state index contributed by atoms with van der Waals surface area (Å²) >= 11 is 36.3. The Balaban J connectivity index is 3.71. The van der Waals surface area contributed by atoms with Crippen LogP contribution in [-0.4, -0.2) is 12.0 Å². The molecule has 20 heavy (non-hydrogen) atoms. The van der Waals surface area contributed by atoms with Crippen LogP contribution in [0.2, 0.25) is 5.16 Å². The smallest absolute Gasteiger partial charge is 0.126 e. The molecule has 0 fully saturated rings. The van der Waals surface area contributed by atoms with Crippen molar-refractivity contribution in [2.24, 2.45) is 0 Å². The van der Waals surface area contributed by atoms with Crippen molar-refractivity contribution in [2.45, 2.75) is 76.3 Å². The topological polar surface area (TPSA) is 0 Å². The fourth-order valence-electron chi connectivity index (χ4n) is 2.17. The van der Waals surface area contributed by atoms with E-state index in [4.69, 9.17) is 66.5 Å². The van der Waals surface area contributed by atoms with E-state index in [0.29, 0.717) is 0 Å². The van der Waals surface area contributed by atoms with E-state index >= 15 is 0 Å². The molecule has 0 bridgehead atoms. The first-order chi connectivity index (χ1) is 9.19. The van der Waals surface area contributed by atoms with Gasteiger partial charge in [0, 0.05) is 5.16 Å². The number of hydrogen-bond acceptors (Lipinski definition) is 0. The molecule has 0 amide bonds. The second kappa shape index (κ2) is 11.7. The molecule has 0 saturated heterocycles. The number of hydrogen-bond donors (Lipinski definition) is 0. The Kier molecular flexibility index (Phi) is 12.9. The fourth-order valence-corrected chi connectivity index (χ4v) is 20.0. The minimum absolute atomic E-state index is 0.297. The van der Waals surface area contributed by atoms with Crippen molar-refractivity contribution in [2.75, 3.05) is 0 Å². The average Bonchev–Trinajstić information content (AvgIpc) is 2.28. The van der Waals surface area contributed by atoms with Gasteiger partial charge in [-0.1, -0.05) is 64.7 Å². The molecule has 0 aromatic carbocycles. The predicted octanol–water partition coefficient (Wildman–Crippen LogP) is 8.13. The zero-order chi connectivity index (χ0) is 15.6. The molecule has 0 unspecified atom stereocenters.